The Morgan fingerprint density at radius 3 is 1.91 bits per heavy atom. The van der Waals surface area contributed by atoms with Crippen LogP contribution in [0.4, 0.5) is 0 Å². The minimum Gasteiger partial charge on any atom is -0.657 e. The molecule has 0 spiro atoms. The molecular formula is C34H37FeN4O4S2+. The average molecular weight is 686 g/mol. The molecule has 2 N–H and O–H groups in total. The molecule has 3 aromatic rings. The number of hydrogen-bond acceptors (Lipinski definition) is 5. The van der Waals surface area contributed by atoms with E-state index in [0.29, 0.717) is 35.3 Å². The van der Waals surface area contributed by atoms with Crippen molar-refractivity contribution in [2.75, 3.05) is 0 Å². The molecule has 8 bridgehead atoms. The van der Waals surface area contributed by atoms with Crippen LogP contribution in [0.1, 0.15) is 97.2 Å². The smallest absolute Gasteiger partial charge is 0.657 e. The van der Waals surface area contributed by atoms with Crippen molar-refractivity contribution in [2.24, 2.45) is 0 Å². The van der Waals surface area contributed by atoms with E-state index < -0.39 is 11.9 Å². The number of carboxylic acids is 2. The monoisotopic (exact) mass is 685 g/mol. The van der Waals surface area contributed by atoms with Crippen LogP contribution in [0.3, 0.4) is 0 Å². The van der Waals surface area contributed by atoms with Crippen molar-refractivity contribution in [1.29, 1.82) is 0 Å². The molecule has 2 atom stereocenters. The second-order valence-corrected chi connectivity index (χ2v) is 13.2. The van der Waals surface area contributed by atoms with E-state index in [1.807, 2.05) is 52.0 Å². The summed E-state index contributed by atoms with van der Waals surface area (Å²) in [5.74, 6) is -1.78. The molecule has 0 aromatic carbocycles. The molecule has 11 heteroatoms. The Morgan fingerprint density at radius 1 is 0.778 bits per heavy atom. The first-order valence-corrected chi connectivity index (χ1v) is 15.7. The summed E-state index contributed by atoms with van der Waals surface area (Å²) in [6, 6.07) is 7.79. The number of rotatable bonds is 8. The first-order valence-electron chi connectivity index (χ1n) is 14.6. The van der Waals surface area contributed by atoms with Gasteiger partial charge in [-0.1, -0.05) is 41.0 Å². The largest absolute Gasteiger partial charge is 2.00 e. The average Bonchev–Trinajstić information content (AvgIpc) is 3.59. The molecule has 5 rings (SSSR count). The van der Waals surface area contributed by atoms with Gasteiger partial charge in [-0.15, -0.1) is 22.1 Å². The van der Waals surface area contributed by atoms with Gasteiger partial charge in [0, 0.05) is 23.7 Å². The summed E-state index contributed by atoms with van der Waals surface area (Å²) >= 11 is 8.62. The van der Waals surface area contributed by atoms with Crippen LogP contribution in [0.15, 0.2) is 24.3 Å². The van der Waals surface area contributed by atoms with Gasteiger partial charge in [0.2, 0.25) is 0 Å². The number of hydrogen-bond donors (Lipinski definition) is 3. The predicted octanol–water partition coefficient (Wildman–Crippen LogP) is 6.32. The van der Waals surface area contributed by atoms with Crippen LogP contribution in [-0.4, -0.2) is 37.4 Å². The molecule has 2 aliphatic heterocycles. The summed E-state index contributed by atoms with van der Waals surface area (Å²) in [5.41, 5.74) is 13.3. The predicted molar refractivity (Wildman–Crippen MR) is 183 cm³/mol. The van der Waals surface area contributed by atoms with Gasteiger partial charge in [0.15, 0.2) is 0 Å². The van der Waals surface area contributed by atoms with E-state index in [4.69, 9.17) is 32.6 Å². The molecular weight excluding hydrogens is 648 g/mol. The number of nitrogens with zero attached hydrogens (tertiary/aromatic N) is 4. The van der Waals surface area contributed by atoms with E-state index in [0.717, 1.165) is 67.0 Å². The normalized spacial score (nSPS) is 14.4. The van der Waals surface area contributed by atoms with Crippen LogP contribution in [0.25, 0.3) is 44.4 Å². The molecule has 0 amide bonds. The topological polar surface area (TPSA) is 129 Å². The van der Waals surface area contributed by atoms with Crippen molar-refractivity contribution < 1.29 is 36.9 Å². The summed E-state index contributed by atoms with van der Waals surface area (Å²) in [6.07, 6.45) is 0.510. The molecule has 1 unspecified atom stereocenters. The molecule has 45 heavy (non-hydrogen) atoms. The quantitative estimate of drug-likeness (QED) is 0.143. The number of allylic oxidation sites excluding steroid dienone is 3. The van der Waals surface area contributed by atoms with E-state index in [9.17, 15) is 19.8 Å². The summed E-state index contributed by atoms with van der Waals surface area (Å²) < 4.78 is 0. The molecule has 3 aromatic heterocycles. The molecule has 8 nitrogen and oxygen atoms in total. The molecule has 0 saturated heterocycles. The van der Waals surface area contributed by atoms with Crippen molar-refractivity contribution in [2.45, 2.75) is 77.7 Å². The summed E-state index contributed by atoms with van der Waals surface area (Å²) in [4.78, 5) is 43.2. The van der Waals surface area contributed by atoms with E-state index in [1.165, 1.54) is 0 Å². The SMILES string of the molecule is CC1=C(CCC(=O)O)c2cc3[n-]c(cc4nc(cc5[n-]c(cc1n2)c(C)c5C(C)S)C(C)=C4[C@@H](C)[SH2+])c(C)c3CCC(=O)O.[Fe+2]. The minimum absolute atomic E-state index is 0. The van der Waals surface area contributed by atoms with E-state index in [1.54, 1.807) is 0 Å². The Bertz CT molecular complexity index is 1940. The second kappa shape index (κ2) is 13.6. The maximum Gasteiger partial charge on any atom is 2.00 e. The molecule has 0 fully saturated rings. The Morgan fingerprint density at radius 2 is 1.29 bits per heavy atom. The number of carbonyl (C=O) groups is 2. The fraction of sp³-hybridized carbons (Fsp3) is 0.353. The van der Waals surface area contributed by atoms with E-state index in [2.05, 4.69) is 26.5 Å². The van der Waals surface area contributed by atoms with E-state index in [-0.39, 0.29) is 40.4 Å². The Balaban J connectivity index is 0.00000461. The Kier molecular flexibility index (Phi) is 10.5. The Labute approximate surface area is 284 Å². The zero-order valence-electron chi connectivity index (χ0n) is 26.1. The first kappa shape index (κ1) is 34.6. The summed E-state index contributed by atoms with van der Waals surface area (Å²) in [6.45, 7) is 12.1. The van der Waals surface area contributed by atoms with Crippen LogP contribution in [-0.2, 0) is 45.7 Å². The molecule has 0 radical (unpaired) electrons. The Hall–Kier alpha value is -3.24. The van der Waals surface area contributed by atoms with Crippen LogP contribution < -0.4 is 9.97 Å². The third kappa shape index (κ3) is 6.82. The van der Waals surface area contributed by atoms with Crippen LogP contribution in [0, 0.1) is 13.8 Å². The van der Waals surface area contributed by atoms with Crippen LogP contribution in [0.2, 0.25) is 0 Å². The van der Waals surface area contributed by atoms with Gasteiger partial charge >= 0.3 is 29.0 Å². The number of thiol groups is 1. The zero-order chi connectivity index (χ0) is 32.0. The van der Waals surface area contributed by atoms with Gasteiger partial charge < -0.3 is 20.2 Å². The standard InChI is InChI=1S/C34H38N4O4S2.Fe/c1-15-21(7-9-31(39)40)27-14-28-22(8-10-32(41)42)16(2)24(36-28)12-29-34(20(6)44)18(4)26(38-29)13-30-33(19(5)43)17(3)25(37-30)11-23(15)35-27;/h11-14,19-20H,7-10H2,1-6H3,(H6,35,36,37,38,39,40,41,42,43,44);/q;+2/p-1/t19?,20-;/m1./s1. The molecule has 0 saturated carbocycles. The maximum absolute atomic E-state index is 11.6. The van der Waals surface area contributed by atoms with Gasteiger partial charge in [-0.2, -0.15) is 12.6 Å². The van der Waals surface area contributed by atoms with Gasteiger partial charge in [-0.3, -0.25) is 9.59 Å². The van der Waals surface area contributed by atoms with Crippen molar-refractivity contribution >= 4 is 81.6 Å². The van der Waals surface area contributed by atoms with Crippen molar-refractivity contribution in [1.82, 2.24) is 19.9 Å². The van der Waals surface area contributed by atoms with Crippen LogP contribution in [0.5, 0.6) is 0 Å². The van der Waals surface area contributed by atoms with Gasteiger partial charge in [-0.25, -0.2) is 9.97 Å². The fourth-order valence-electron chi connectivity index (χ4n) is 6.17. The van der Waals surface area contributed by atoms with Gasteiger partial charge in [0.05, 0.1) is 22.8 Å². The number of carboxylic acid groups (broad SMARTS) is 2. The van der Waals surface area contributed by atoms with Gasteiger partial charge in [0.25, 0.3) is 0 Å². The van der Waals surface area contributed by atoms with Crippen molar-refractivity contribution in [3.8, 4) is 0 Å². The minimum atomic E-state index is -0.892. The van der Waals surface area contributed by atoms with Crippen molar-refractivity contribution in [3.63, 3.8) is 0 Å². The van der Waals surface area contributed by atoms with Gasteiger partial charge in [0.1, 0.15) is 5.25 Å². The number of fused-ring (bicyclic) bond motifs is 8. The third-order valence-electron chi connectivity index (χ3n) is 8.51. The summed E-state index contributed by atoms with van der Waals surface area (Å²) in [7, 11) is 0. The van der Waals surface area contributed by atoms with E-state index >= 15 is 0 Å². The van der Waals surface area contributed by atoms with Crippen molar-refractivity contribution in [3.05, 3.63) is 69.3 Å². The molecule has 0 aliphatic carbocycles. The third-order valence-corrected chi connectivity index (χ3v) is 9.05. The molecule has 2 aliphatic rings. The molecule has 236 valence electrons. The maximum atomic E-state index is 11.6. The first-order chi connectivity index (χ1) is 20.8. The van der Waals surface area contributed by atoms with Crippen LogP contribution >= 0.6 is 12.6 Å². The zero-order valence-corrected chi connectivity index (χ0v) is 29.1. The number of aromatic nitrogens is 4. The van der Waals surface area contributed by atoms with Gasteiger partial charge in [-0.05, 0) is 89.3 Å². The summed E-state index contributed by atoms with van der Waals surface area (Å²) in [5, 5.41) is 18.9. The number of aryl methyl sites for hydroxylation is 3. The second-order valence-electron chi connectivity index (χ2n) is 11.6. The number of aliphatic carboxylic acids is 2. The molecule has 5 heterocycles. The fourth-order valence-corrected chi connectivity index (χ4v) is 6.86.